The van der Waals surface area contributed by atoms with Gasteiger partial charge in [-0.2, -0.15) is 5.10 Å². The largest absolute Gasteiger partial charge is 0.378 e. The molecule has 194 valence electrons. The van der Waals surface area contributed by atoms with Crippen molar-refractivity contribution in [3.05, 3.63) is 76.3 Å². The highest BCUT2D eigenvalue weighted by atomic mass is 127. The van der Waals surface area contributed by atoms with Gasteiger partial charge in [-0.1, -0.05) is 18.2 Å². The standard InChI is InChI=1S/C27H24IN5O3S2/c1-17-12-23(32-38(34,35)22-7-3-5-20(28)14-22)25-24(26(37-27(25)31-17)19-15-29-30-16-19)18-4-2-6-21(13-18)33-8-10-36-11-9-33/h2-7,12-16H,8-11H2,1H3,(H,29,30)(H,31,32). The van der Waals surface area contributed by atoms with Crippen molar-refractivity contribution >= 4 is 65.5 Å². The quantitative estimate of drug-likeness (QED) is 0.221. The first-order chi connectivity index (χ1) is 18.4. The average Bonchev–Trinajstić information content (AvgIpc) is 3.57. The SMILES string of the molecule is Cc1cc(NS(=O)(=O)c2cccc(I)c2)c2c(-c3cccc(N4CCOCC4)c3)c(-c3cn[nH]c3)sc2n1. The number of nitrogens with one attached hydrogen (secondary N) is 2. The summed E-state index contributed by atoms with van der Waals surface area (Å²) in [7, 11) is -3.83. The molecular formula is C27H24IN5O3S2. The van der Waals surface area contributed by atoms with Crippen molar-refractivity contribution in [2.45, 2.75) is 11.8 Å². The third-order valence-corrected chi connectivity index (χ3v) is 9.58. The zero-order valence-electron chi connectivity index (χ0n) is 20.4. The van der Waals surface area contributed by atoms with Gasteiger partial charge in [0.05, 0.1) is 30.0 Å². The Hall–Kier alpha value is -3.00. The summed E-state index contributed by atoms with van der Waals surface area (Å²) in [5.74, 6) is 0. The molecule has 0 amide bonds. The molecule has 4 heterocycles. The molecule has 5 aromatic rings. The second-order valence-corrected chi connectivity index (χ2v) is 12.9. The molecule has 3 aromatic heterocycles. The van der Waals surface area contributed by atoms with E-state index in [1.54, 1.807) is 30.5 Å². The molecular weight excluding hydrogens is 633 g/mol. The van der Waals surface area contributed by atoms with Gasteiger partial charge in [-0.15, -0.1) is 11.3 Å². The number of anilines is 2. The van der Waals surface area contributed by atoms with Gasteiger partial charge in [-0.05, 0) is 71.5 Å². The molecule has 6 rings (SSSR count). The molecule has 1 aliphatic rings. The summed E-state index contributed by atoms with van der Waals surface area (Å²) >= 11 is 3.65. The maximum atomic E-state index is 13.5. The number of halogens is 1. The van der Waals surface area contributed by atoms with Gasteiger partial charge >= 0.3 is 0 Å². The van der Waals surface area contributed by atoms with Crippen LogP contribution in [0.15, 0.2) is 71.9 Å². The van der Waals surface area contributed by atoms with E-state index in [2.05, 4.69) is 60.6 Å². The number of thiophene rings is 1. The molecule has 1 saturated heterocycles. The number of fused-ring (bicyclic) bond motifs is 1. The van der Waals surface area contributed by atoms with Crippen LogP contribution in [0.5, 0.6) is 0 Å². The van der Waals surface area contributed by atoms with Crippen LogP contribution in [0.4, 0.5) is 11.4 Å². The number of hydrogen-bond acceptors (Lipinski definition) is 7. The van der Waals surface area contributed by atoms with E-state index in [1.165, 1.54) is 11.3 Å². The van der Waals surface area contributed by atoms with E-state index in [-0.39, 0.29) is 4.90 Å². The lowest BCUT2D eigenvalue weighted by Crippen LogP contribution is -2.36. The van der Waals surface area contributed by atoms with Crippen LogP contribution in [-0.4, -0.2) is 49.9 Å². The van der Waals surface area contributed by atoms with Crippen molar-refractivity contribution in [1.82, 2.24) is 15.2 Å². The Balaban J connectivity index is 1.56. The number of aromatic nitrogens is 3. The maximum Gasteiger partial charge on any atom is 0.261 e. The molecule has 0 radical (unpaired) electrons. The highest BCUT2D eigenvalue weighted by Crippen LogP contribution is 2.47. The third kappa shape index (κ3) is 4.91. The third-order valence-electron chi connectivity index (χ3n) is 6.41. The van der Waals surface area contributed by atoms with E-state index in [0.29, 0.717) is 18.9 Å². The van der Waals surface area contributed by atoms with Crippen LogP contribution in [0.1, 0.15) is 5.69 Å². The van der Waals surface area contributed by atoms with Gasteiger partial charge in [0, 0.05) is 55.6 Å². The van der Waals surface area contributed by atoms with Crippen LogP contribution in [0.3, 0.4) is 0 Å². The summed E-state index contributed by atoms with van der Waals surface area (Å²) in [4.78, 5) is 9.06. The number of pyridine rings is 1. The Labute approximate surface area is 238 Å². The number of ether oxygens (including phenoxy) is 1. The summed E-state index contributed by atoms with van der Waals surface area (Å²) < 4.78 is 36.2. The number of H-pyrrole nitrogens is 1. The molecule has 0 atom stereocenters. The lowest BCUT2D eigenvalue weighted by Gasteiger charge is -2.29. The Morgan fingerprint density at radius 3 is 2.66 bits per heavy atom. The predicted molar refractivity (Wildman–Crippen MR) is 160 cm³/mol. The molecule has 2 aromatic carbocycles. The summed E-state index contributed by atoms with van der Waals surface area (Å²) in [6, 6.07) is 17.0. The molecule has 1 fully saturated rings. The molecule has 38 heavy (non-hydrogen) atoms. The zero-order chi connectivity index (χ0) is 26.3. The van der Waals surface area contributed by atoms with Crippen LogP contribution in [-0.2, 0) is 14.8 Å². The van der Waals surface area contributed by atoms with Crippen LogP contribution < -0.4 is 9.62 Å². The van der Waals surface area contributed by atoms with Crippen molar-refractivity contribution < 1.29 is 13.2 Å². The number of aryl methyl sites for hydroxylation is 1. The predicted octanol–water partition coefficient (Wildman–Crippen LogP) is 5.90. The highest BCUT2D eigenvalue weighted by Gasteiger charge is 2.24. The molecule has 8 nitrogen and oxygen atoms in total. The number of nitrogens with zero attached hydrogens (tertiary/aromatic N) is 3. The summed E-state index contributed by atoms with van der Waals surface area (Å²) in [5.41, 5.74) is 5.16. The van der Waals surface area contributed by atoms with Gasteiger partial charge in [0.1, 0.15) is 4.83 Å². The van der Waals surface area contributed by atoms with Crippen LogP contribution in [0, 0.1) is 10.5 Å². The first-order valence-corrected chi connectivity index (χ1v) is 15.4. The smallest absolute Gasteiger partial charge is 0.261 e. The summed E-state index contributed by atoms with van der Waals surface area (Å²) in [6.45, 7) is 4.91. The number of benzene rings is 2. The van der Waals surface area contributed by atoms with Crippen molar-refractivity contribution in [2.24, 2.45) is 0 Å². The van der Waals surface area contributed by atoms with Gasteiger partial charge in [0.2, 0.25) is 0 Å². The van der Waals surface area contributed by atoms with Gasteiger partial charge in [-0.25, -0.2) is 13.4 Å². The van der Waals surface area contributed by atoms with Gasteiger partial charge < -0.3 is 9.64 Å². The fraction of sp³-hybridized carbons (Fsp3) is 0.185. The van der Waals surface area contributed by atoms with E-state index >= 15 is 0 Å². The van der Waals surface area contributed by atoms with E-state index in [4.69, 9.17) is 9.72 Å². The second kappa shape index (κ2) is 10.3. The molecule has 1 aliphatic heterocycles. The zero-order valence-corrected chi connectivity index (χ0v) is 24.2. The fourth-order valence-electron chi connectivity index (χ4n) is 4.67. The summed E-state index contributed by atoms with van der Waals surface area (Å²) in [6.07, 6.45) is 3.63. The van der Waals surface area contributed by atoms with E-state index in [9.17, 15) is 8.42 Å². The van der Waals surface area contributed by atoms with Gasteiger partial charge in [0.25, 0.3) is 10.0 Å². The maximum absolute atomic E-state index is 13.5. The first-order valence-electron chi connectivity index (χ1n) is 12.0. The summed E-state index contributed by atoms with van der Waals surface area (Å²) in [5, 5.41) is 7.84. The Morgan fingerprint density at radius 2 is 1.89 bits per heavy atom. The van der Waals surface area contributed by atoms with Crippen molar-refractivity contribution in [1.29, 1.82) is 0 Å². The van der Waals surface area contributed by atoms with Crippen molar-refractivity contribution in [3.63, 3.8) is 0 Å². The van der Waals surface area contributed by atoms with Crippen LogP contribution in [0.25, 0.3) is 31.8 Å². The molecule has 0 bridgehead atoms. The van der Waals surface area contributed by atoms with E-state index in [1.807, 2.05) is 25.3 Å². The molecule has 0 aliphatic carbocycles. The number of aromatic amines is 1. The highest BCUT2D eigenvalue weighted by molar-refractivity contribution is 14.1. The van der Waals surface area contributed by atoms with E-state index in [0.717, 1.165) is 59.8 Å². The van der Waals surface area contributed by atoms with Crippen molar-refractivity contribution in [3.8, 4) is 21.6 Å². The minimum Gasteiger partial charge on any atom is -0.378 e. The molecule has 0 saturated carbocycles. The van der Waals surface area contributed by atoms with Crippen LogP contribution >= 0.6 is 33.9 Å². The molecule has 0 spiro atoms. The Bertz CT molecular complexity index is 1730. The number of morpholine rings is 1. The van der Waals surface area contributed by atoms with E-state index < -0.39 is 10.0 Å². The minimum atomic E-state index is -3.83. The lowest BCUT2D eigenvalue weighted by atomic mass is 9.99. The molecule has 11 heteroatoms. The monoisotopic (exact) mass is 657 g/mol. The Kier molecular flexibility index (Phi) is 6.84. The number of rotatable bonds is 6. The van der Waals surface area contributed by atoms with Crippen molar-refractivity contribution in [2.75, 3.05) is 35.9 Å². The van der Waals surface area contributed by atoms with Gasteiger partial charge in [0.15, 0.2) is 0 Å². The first kappa shape index (κ1) is 25.3. The fourth-order valence-corrected chi connectivity index (χ4v) is 7.78. The average molecular weight is 658 g/mol. The molecule has 2 N–H and O–H groups in total. The minimum absolute atomic E-state index is 0.216. The second-order valence-electron chi connectivity index (χ2n) is 9.00. The topological polar surface area (TPSA) is 100 Å². The molecule has 0 unspecified atom stereocenters. The van der Waals surface area contributed by atoms with Gasteiger partial charge in [-0.3, -0.25) is 9.82 Å². The normalized spacial score (nSPS) is 14.2. The number of sulfonamides is 1. The number of hydrogen-bond donors (Lipinski definition) is 2. The van der Waals surface area contributed by atoms with Crippen LogP contribution in [0.2, 0.25) is 0 Å². The lowest BCUT2D eigenvalue weighted by molar-refractivity contribution is 0.122. The Morgan fingerprint density at radius 1 is 1.08 bits per heavy atom.